The third-order valence-corrected chi connectivity index (χ3v) is 3.29. The summed E-state index contributed by atoms with van der Waals surface area (Å²) in [5.74, 6) is -0.131. The molecule has 0 saturated carbocycles. The van der Waals surface area contributed by atoms with Gasteiger partial charge in [-0.1, -0.05) is 0 Å². The van der Waals surface area contributed by atoms with Gasteiger partial charge in [-0.15, -0.1) is 0 Å². The highest BCUT2D eigenvalue weighted by molar-refractivity contribution is 5.78. The average Bonchev–Trinajstić information content (AvgIpc) is 2.26. The zero-order valence-electron chi connectivity index (χ0n) is 11.3. The number of rotatable bonds is 6. The van der Waals surface area contributed by atoms with Gasteiger partial charge in [-0.25, -0.2) is 0 Å². The molecule has 2 N–H and O–H groups in total. The predicted molar refractivity (Wildman–Crippen MR) is 69.3 cm³/mol. The second-order valence-corrected chi connectivity index (χ2v) is 5.37. The zero-order valence-corrected chi connectivity index (χ0v) is 11.3. The number of amides is 1. The molecule has 1 fully saturated rings. The van der Waals surface area contributed by atoms with Crippen molar-refractivity contribution in [2.45, 2.75) is 45.6 Å². The molecule has 1 amide bonds. The molecule has 0 atom stereocenters. The number of piperidine rings is 1. The Balaban J connectivity index is 2.19. The van der Waals surface area contributed by atoms with Gasteiger partial charge in [-0.3, -0.25) is 14.5 Å². The smallest absolute Gasteiger partial charge is 0.303 e. The van der Waals surface area contributed by atoms with E-state index in [0.717, 1.165) is 32.4 Å². The number of carboxylic acids is 1. The number of hydrogen-bond acceptors (Lipinski definition) is 3. The Morgan fingerprint density at radius 1 is 1.33 bits per heavy atom. The van der Waals surface area contributed by atoms with Crippen molar-refractivity contribution in [3.8, 4) is 0 Å². The summed E-state index contributed by atoms with van der Waals surface area (Å²) in [6.45, 7) is 6.17. The minimum absolute atomic E-state index is 0.0778. The molecule has 0 aromatic carbocycles. The van der Waals surface area contributed by atoms with Crippen LogP contribution in [-0.4, -0.2) is 47.6 Å². The van der Waals surface area contributed by atoms with Gasteiger partial charge < -0.3 is 10.4 Å². The van der Waals surface area contributed by atoms with Crippen LogP contribution in [0.1, 0.15) is 39.5 Å². The fraction of sp³-hybridized carbons (Fsp3) is 0.846. The van der Waals surface area contributed by atoms with E-state index in [9.17, 15) is 9.59 Å². The first-order valence-electron chi connectivity index (χ1n) is 6.71. The number of carbonyl (C=O) groups is 2. The van der Waals surface area contributed by atoms with E-state index in [2.05, 4.69) is 10.2 Å². The summed E-state index contributed by atoms with van der Waals surface area (Å²) < 4.78 is 0. The van der Waals surface area contributed by atoms with Crippen LogP contribution in [0.2, 0.25) is 0 Å². The molecular weight excluding hydrogens is 232 g/mol. The Hall–Kier alpha value is -1.10. The second-order valence-electron chi connectivity index (χ2n) is 5.37. The molecule has 0 aromatic heterocycles. The van der Waals surface area contributed by atoms with E-state index in [1.807, 2.05) is 13.8 Å². The van der Waals surface area contributed by atoms with Gasteiger partial charge in [0.15, 0.2) is 0 Å². The van der Waals surface area contributed by atoms with Crippen molar-refractivity contribution in [3.63, 3.8) is 0 Å². The number of nitrogens with one attached hydrogen (secondary N) is 1. The van der Waals surface area contributed by atoms with Gasteiger partial charge in [0.1, 0.15) is 0 Å². The first kappa shape index (κ1) is 15.0. The molecule has 1 aliphatic heterocycles. The average molecular weight is 256 g/mol. The molecular formula is C13H24N2O3. The van der Waals surface area contributed by atoms with Crippen LogP contribution in [0.15, 0.2) is 0 Å². The van der Waals surface area contributed by atoms with Gasteiger partial charge in [0, 0.05) is 12.5 Å². The highest BCUT2D eigenvalue weighted by Crippen LogP contribution is 2.21. The summed E-state index contributed by atoms with van der Waals surface area (Å²) in [7, 11) is 0. The third-order valence-electron chi connectivity index (χ3n) is 3.29. The van der Waals surface area contributed by atoms with Crippen molar-refractivity contribution >= 4 is 11.9 Å². The molecule has 104 valence electrons. The second kappa shape index (κ2) is 7.36. The Morgan fingerprint density at radius 3 is 2.44 bits per heavy atom. The molecule has 1 heterocycles. The molecule has 0 aromatic rings. The Labute approximate surface area is 109 Å². The van der Waals surface area contributed by atoms with E-state index < -0.39 is 5.97 Å². The van der Waals surface area contributed by atoms with Crippen molar-refractivity contribution in [1.82, 2.24) is 10.2 Å². The SMILES string of the molecule is CC(C)NC(=O)CN1CCC(CCC(=O)O)CC1. The molecule has 18 heavy (non-hydrogen) atoms. The molecule has 0 unspecified atom stereocenters. The standard InChI is InChI=1S/C13H24N2O3/c1-10(2)14-12(16)9-15-7-5-11(6-8-15)3-4-13(17)18/h10-11H,3-9H2,1-2H3,(H,14,16)(H,17,18). The quantitative estimate of drug-likeness (QED) is 0.746. The fourth-order valence-electron chi connectivity index (χ4n) is 2.33. The lowest BCUT2D eigenvalue weighted by Crippen LogP contribution is -2.43. The van der Waals surface area contributed by atoms with Crippen LogP contribution in [-0.2, 0) is 9.59 Å². The lowest BCUT2D eigenvalue weighted by Gasteiger charge is -2.31. The fourth-order valence-corrected chi connectivity index (χ4v) is 2.33. The van der Waals surface area contributed by atoms with E-state index >= 15 is 0 Å². The largest absolute Gasteiger partial charge is 0.481 e. The van der Waals surface area contributed by atoms with Crippen LogP contribution in [0.4, 0.5) is 0 Å². The Morgan fingerprint density at radius 2 is 1.94 bits per heavy atom. The maximum Gasteiger partial charge on any atom is 0.303 e. The minimum Gasteiger partial charge on any atom is -0.481 e. The number of carbonyl (C=O) groups excluding carboxylic acids is 1. The number of likely N-dealkylation sites (tertiary alicyclic amines) is 1. The van der Waals surface area contributed by atoms with Gasteiger partial charge in [-0.05, 0) is 52.1 Å². The van der Waals surface area contributed by atoms with Crippen LogP contribution in [0.5, 0.6) is 0 Å². The van der Waals surface area contributed by atoms with E-state index in [1.54, 1.807) is 0 Å². The lowest BCUT2D eigenvalue weighted by molar-refractivity contribution is -0.137. The first-order chi connectivity index (χ1) is 8.47. The monoisotopic (exact) mass is 256 g/mol. The highest BCUT2D eigenvalue weighted by Gasteiger charge is 2.21. The van der Waals surface area contributed by atoms with Crippen LogP contribution in [0.3, 0.4) is 0 Å². The van der Waals surface area contributed by atoms with E-state index in [-0.39, 0.29) is 18.4 Å². The molecule has 0 aliphatic carbocycles. The van der Waals surface area contributed by atoms with Crippen LogP contribution in [0, 0.1) is 5.92 Å². The molecule has 5 heteroatoms. The Bertz CT molecular complexity index is 284. The maximum absolute atomic E-state index is 11.6. The predicted octanol–water partition coefficient (Wildman–Crippen LogP) is 1.09. The van der Waals surface area contributed by atoms with Gasteiger partial charge in [0.05, 0.1) is 6.54 Å². The maximum atomic E-state index is 11.6. The van der Waals surface area contributed by atoms with Crippen LogP contribution in [0.25, 0.3) is 0 Å². The van der Waals surface area contributed by atoms with Gasteiger partial charge >= 0.3 is 5.97 Å². The molecule has 1 rings (SSSR count). The van der Waals surface area contributed by atoms with Crippen LogP contribution >= 0.6 is 0 Å². The molecule has 0 bridgehead atoms. The normalized spacial score (nSPS) is 17.9. The molecule has 5 nitrogen and oxygen atoms in total. The van der Waals surface area contributed by atoms with Gasteiger partial charge in [-0.2, -0.15) is 0 Å². The number of carboxylic acid groups (broad SMARTS) is 1. The molecule has 1 aliphatic rings. The minimum atomic E-state index is -0.714. The van der Waals surface area contributed by atoms with Crippen molar-refractivity contribution in [1.29, 1.82) is 0 Å². The zero-order chi connectivity index (χ0) is 13.5. The highest BCUT2D eigenvalue weighted by atomic mass is 16.4. The summed E-state index contributed by atoms with van der Waals surface area (Å²) in [5.41, 5.74) is 0. The van der Waals surface area contributed by atoms with E-state index in [1.165, 1.54) is 0 Å². The van der Waals surface area contributed by atoms with Gasteiger partial charge in [0.2, 0.25) is 5.91 Å². The first-order valence-corrected chi connectivity index (χ1v) is 6.71. The molecule has 1 saturated heterocycles. The topological polar surface area (TPSA) is 69.6 Å². The lowest BCUT2D eigenvalue weighted by atomic mass is 9.92. The van der Waals surface area contributed by atoms with Crippen molar-refractivity contribution in [3.05, 3.63) is 0 Å². The summed E-state index contributed by atoms with van der Waals surface area (Å²) >= 11 is 0. The van der Waals surface area contributed by atoms with Crippen molar-refractivity contribution in [2.24, 2.45) is 5.92 Å². The Kier molecular flexibility index (Phi) is 6.12. The summed E-state index contributed by atoms with van der Waals surface area (Å²) in [5, 5.41) is 11.5. The van der Waals surface area contributed by atoms with Crippen molar-refractivity contribution < 1.29 is 14.7 Å². The molecule has 0 radical (unpaired) electrons. The van der Waals surface area contributed by atoms with E-state index in [4.69, 9.17) is 5.11 Å². The number of hydrogen-bond donors (Lipinski definition) is 2. The van der Waals surface area contributed by atoms with Crippen molar-refractivity contribution in [2.75, 3.05) is 19.6 Å². The number of aliphatic carboxylic acids is 1. The summed E-state index contributed by atoms with van der Waals surface area (Å²) in [6, 6.07) is 0.186. The number of nitrogens with zero attached hydrogens (tertiary/aromatic N) is 1. The van der Waals surface area contributed by atoms with E-state index in [0.29, 0.717) is 12.5 Å². The van der Waals surface area contributed by atoms with Crippen LogP contribution < -0.4 is 5.32 Å². The van der Waals surface area contributed by atoms with Gasteiger partial charge in [0.25, 0.3) is 0 Å². The third kappa shape index (κ3) is 6.00. The summed E-state index contributed by atoms with van der Waals surface area (Å²) in [6.07, 6.45) is 3.03. The molecule has 0 spiro atoms. The summed E-state index contributed by atoms with van der Waals surface area (Å²) in [4.78, 5) is 24.2.